The molecule has 1 aromatic carbocycles. The van der Waals surface area contributed by atoms with E-state index in [0.29, 0.717) is 5.75 Å². The number of halogens is 1. The predicted octanol–water partition coefficient (Wildman–Crippen LogP) is 1.79. The van der Waals surface area contributed by atoms with Gasteiger partial charge in [0.2, 0.25) is 0 Å². The summed E-state index contributed by atoms with van der Waals surface area (Å²) < 4.78 is 23.6. The zero-order valence-electron chi connectivity index (χ0n) is 8.84. The number of hydrogen-bond acceptors (Lipinski definition) is 3. The highest BCUT2D eigenvalue weighted by Crippen LogP contribution is 2.45. The fraction of sp³-hybridized carbons (Fsp3) is 0.455. The summed E-state index contributed by atoms with van der Waals surface area (Å²) in [5, 5.41) is 0. The molecule has 0 atom stereocenters. The van der Waals surface area contributed by atoms with Crippen LogP contribution in [-0.2, 0) is 5.54 Å². The Bertz CT molecular complexity index is 388. The molecule has 2 rings (SSSR count). The first-order valence-electron chi connectivity index (χ1n) is 4.81. The van der Waals surface area contributed by atoms with E-state index in [1.807, 2.05) is 0 Å². The Hall–Kier alpha value is -1.29. The molecule has 2 N–H and O–H groups in total. The van der Waals surface area contributed by atoms with Crippen molar-refractivity contribution >= 4 is 0 Å². The lowest BCUT2D eigenvalue weighted by molar-refractivity contribution is 0.336. The molecule has 0 unspecified atom stereocenters. The highest BCUT2D eigenvalue weighted by atomic mass is 19.1. The molecule has 0 heterocycles. The van der Waals surface area contributed by atoms with E-state index in [0.717, 1.165) is 18.4 Å². The summed E-state index contributed by atoms with van der Waals surface area (Å²) in [6.07, 6.45) is 1.78. The second-order valence-corrected chi connectivity index (χ2v) is 3.85. The predicted molar refractivity (Wildman–Crippen MR) is 54.6 cm³/mol. The van der Waals surface area contributed by atoms with Crippen LogP contribution < -0.4 is 15.2 Å². The molecule has 0 bridgehead atoms. The summed E-state index contributed by atoms with van der Waals surface area (Å²) in [6.45, 7) is 0. The Balaban J connectivity index is 2.48. The summed E-state index contributed by atoms with van der Waals surface area (Å²) in [5.41, 5.74) is 6.40. The summed E-state index contributed by atoms with van der Waals surface area (Å²) in [4.78, 5) is 0. The third kappa shape index (κ3) is 1.65. The van der Waals surface area contributed by atoms with E-state index < -0.39 is 5.82 Å². The van der Waals surface area contributed by atoms with Gasteiger partial charge in [-0.1, -0.05) is 0 Å². The summed E-state index contributed by atoms with van der Waals surface area (Å²) in [5.74, 6) is 0.0956. The molecule has 1 saturated carbocycles. The van der Waals surface area contributed by atoms with Crippen LogP contribution in [0.3, 0.4) is 0 Å². The minimum Gasteiger partial charge on any atom is -0.493 e. The van der Waals surface area contributed by atoms with Gasteiger partial charge in [0.25, 0.3) is 0 Å². The molecule has 0 aliphatic heterocycles. The van der Waals surface area contributed by atoms with Crippen LogP contribution >= 0.6 is 0 Å². The van der Waals surface area contributed by atoms with Crippen molar-refractivity contribution in [2.45, 2.75) is 18.4 Å². The van der Waals surface area contributed by atoms with Crippen LogP contribution in [-0.4, -0.2) is 14.2 Å². The third-order valence-electron chi connectivity index (χ3n) is 2.80. The molecular formula is C11H14FNO2. The van der Waals surface area contributed by atoms with Gasteiger partial charge in [-0.15, -0.1) is 0 Å². The van der Waals surface area contributed by atoms with Crippen molar-refractivity contribution in [3.63, 3.8) is 0 Å². The molecule has 0 amide bonds. The van der Waals surface area contributed by atoms with Gasteiger partial charge in [0.05, 0.1) is 14.2 Å². The van der Waals surface area contributed by atoms with Crippen LogP contribution in [0.4, 0.5) is 4.39 Å². The van der Waals surface area contributed by atoms with E-state index in [2.05, 4.69) is 0 Å². The van der Waals surface area contributed by atoms with Crippen molar-refractivity contribution in [1.82, 2.24) is 0 Å². The Kier molecular flexibility index (Phi) is 2.31. The second kappa shape index (κ2) is 3.38. The molecule has 15 heavy (non-hydrogen) atoms. The molecule has 0 spiro atoms. The SMILES string of the molecule is COc1cc(C2(N)CC2)cc(F)c1OC. The standard InChI is InChI=1S/C11H14FNO2/c1-14-9-6-7(11(13)3-4-11)5-8(12)10(9)15-2/h5-6H,3-4,13H2,1-2H3. The van der Waals surface area contributed by atoms with Gasteiger partial charge in [0, 0.05) is 5.54 Å². The van der Waals surface area contributed by atoms with Crippen molar-refractivity contribution in [2.24, 2.45) is 5.73 Å². The first-order chi connectivity index (χ1) is 7.10. The van der Waals surface area contributed by atoms with E-state index in [-0.39, 0.29) is 11.3 Å². The lowest BCUT2D eigenvalue weighted by Gasteiger charge is -2.14. The first-order valence-corrected chi connectivity index (χ1v) is 4.81. The fourth-order valence-electron chi connectivity index (χ4n) is 1.63. The van der Waals surface area contributed by atoms with Gasteiger partial charge in [-0.25, -0.2) is 4.39 Å². The topological polar surface area (TPSA) is 44.5 Å². The van der Waals surface area contributed by atoms with Gasteiger partial charge in [0.1, 0.15) is 0 Å². The fourth-order valence-corrected chi connectivity index (χ4v) is 1.63. The summed E-state index contributed by atoms with van der Waals surface area (Å²) in [7, 11) is 2.90. The minimum absolute atomic E-state index is 0.130. The average Bonchev–Trinajstić information content (AvgIpc) is 2.96. The molecule has 0 aromatic heterocycles. The third-order valence-corrected chi connectivity index (χ3v) is 2.80. The summed E-state index contributed by atoms with van der Waals surface area (Å²) in [6, 6.07) is 3.17. The summed E-state index contributed by atoms with van der Waals surface area (Å²) >= 11 is 0. The zero-order valence-corrected chi connectivity index (χ0v) is 8.84. The lowest BCUT2D eigenvalue weighted by Crippen LogP contribution is -2.19. The van der Waals surface area contributed by atoms with Gasteiger partial charge >= 0.3 is 0 Å². The number of benzene rings is 1. The van der Waals surface area contributed by atoms with Gasteiger partial charge < -0.3 is 15.2 Å². The Morgan fingerprint density at radius 3 is 2.40 bits per heavy atom. The molecule has 1 aromatic rings. The maximum absolute atomic E-state index is 13.6. The molecule has 1 fully saturated rings. The van der Waals surface area contributed by atoms with Gasteiger partial charge in [-0.05, 0) is 30.5 Å². The molecule has 0 radical (unpaired) electrons. The number of nitrogens with two attached hydrogens (primary N) is 1. The first kappa shape index (κ1) is 10.2. The molecule has 0 saturated heterocycles. The molecular weight excluding hydrogens is 197 g/mol. The smallest absolute Gasteiger partial charge is 0.196 e. The normalized spacial score (nSPS) is 17.3. The van der Waals surface area contributed by atoms with E-state index in [9.17, 15) is 4.39 Å². The second-order valence-electron chi connectivity index (χ2n) is 3.85. The number of methoxy groups -OCH3 is 2. The highest BCUT2D eigenvalue weighted by Gasteiger charge is 2.41. The van der Waals surface area contributed by atoms with E-state index in [1.54, 1.807) is 6.07 Å². The van der Waals surface area contributed by atoms with Gasteiger partial charge in [0.15, 0.2) is 17.3 Å². The van der Waals surface area contributed by atoms with Gasteiger partial charge in [-0.2, -0.15) is 0 Å². The monoisotopic (exact) mass is 211 g/mol. The van der Waals surface area contributed by atoms with Crippen LogP contribution in [0.15, 0.2) is 12.1 Å². The molecule has 4 heteroatoms. The van der Waals surface area contributed by atoms with Gasteiger partial charge in [-0.3, -0.25) is 0 Å². The Labute approximate surface area is 88.0 Å². The average molecular weight is 211 g/mol. The van der Waals surface area contributed by atoms with Crippen LogP contribution in [0.5, 0.6) is 11.5 Å². The van der Waals surface area contributed by atoms with Crippen molar-refractivity contribution in [1.29, 1.82) is 0 Å². The van der Waals surface area contributed by atoms with Crippen LogP contribution in [0, 0.1) is 5.82 Å². The number of ether oxygens (including phenoxy) is 2. The number of hydrogen-bond donors (Lipinski definition) is 1. The molecule has 82 valence electrons. The van der Waals surface area contributed by atoms with E-state index >= 15 is 0 Å². The number of rotatable bonds is 3. The van der Waals surface area contributed by atoms with Crippen molar-refractivity contribution in [2.75, 3.05) is 14.2 Å². The highest BCUT2D eigenvalue weighted by molar-refractivity contribution is 5.47. The Morgan fingerprint density at radius 1 is 1.27 bits per heavy atom. The van der Waals surface area contributed by atoms with Crippen molar-refractivity contribution < 1.29 is 13.9 Å². The lowest BCUT2D eigenvalue weighted by atomic mass is 10.0. The molecule has 1 aliphatic carbocycles. The quantitative estimate of drug-likeness (QED) is 0.829. The van der Waals surface area contributed by atoms with Crippen LogP contribution in [0.2, 0.25) is 0 Å². The maximum atomic E-state index is 13.6. The van der Waals surface area contributed by atoms with E-state index in [4.69, 9.17) is 15.2 Å². The largest absolute Gasteiger partial charge is 0.493 e. The van der Waals surface area contributed by atoms with Crippen LogP contribution in [0.25, 0.3) is 0 Å². The van der Waals surface area contributed by atoms with E-state index in [1.165, 1.54) is 20.3 Å². The maximum Gasteiger partial charge on any atom is 0.196 e. The Morgan fingerprint density at radius 2 is 1.93 bits per heavy atom. The van der Waals surface area contributed by atoms with Crippen molar-refractivity contribution in [3.05, 3.63) is 23.5 Å². The zero-order chi connectivity index (χ0) is 11.1. The van der Waals surface area contributed by atoms with Crippen LogP contribution in [0.1, 0.15) is 18.4 Å². The van der Waals surface area contributed by atoms with Crippen molar-refractivity contribution in [3.8, 4) is 11.5 Å². The molecule has 3 nitrogen and oxygen atoms in total. The minimum atomic E-state index is -0.427. The molecule has 1 aliphatic rings.